The maximum Gasteiger partial charge on any atom is 0.160 e. The molecule has 0 unspecified atom stereocenters. The predicted molar refractivity (Wildman–Crippen MR) is 83.9 cm³/mol. The Morgan fingerprint density at radius 1 is 1.24 bits per heavy atom. The standard InChI is InChI=1S/C16H20FN3O/c1-3-8-18-14-10-16(19-11-15(14)21-4-2)20-13-7-5-6-12(17)9-13/h5-7,9-11H,3-4,8H2,1-2H3,(H2,18,19,20). The number of halogens is 1. The van der Waals surface area contributed by atoms with Crippen LogP contribution in [0.3, 0.4) is 0 Å². The number of nitrogens with zero attached hydrogens (tertiary/aromatic N) is 1. The molecule has 0 bridgehead atoms. The van der Waals surface area contributed by atoms with Crippen LogP contribution in [0.4, 0.5) is 21.6 Å². The largest absolute Gasteiger partial charge is 0.490 e. The molecule has 2 aromatic rings. The van der Waals surface area contributed by atoms with Crippen molar-refractivity contribution in [3.63, 3.8) is 0 Å². The molecule has 4 nitrogen and oxygen atoms in total. The van der Waals surface area contributed by atoms with Gasteiger partial charge < -0.3 is 15.4 Å². The number of nitrogens with one attached hydrogen (secondary N) is 2. The third kappa shape index (κ3) is 4.34. The third-order valence-corrected chi connectivity index (χ3v) is 2.83. The number of benzene rings is 1. The van der Waals surface area contributed by atoms with E-state index in [9.17, 15) is 4.39 Å². The first-order chi connectivity index (χ1) is 10.2. The van der Waals surface area contributed by atoms with Crippen LogP contribution in [0, 0.1) is 5.82 Å². The van der Waals surface area contributed by atoms with Crippen LogP contribution < -0.4 is 15.4 Å². The Morgan fingerprint density at radius 2 is 2.10 bits per heavy atom. The summed E-state index contributed by atoms with van der Waals surface area (Å²) >= 11 is 0. The second-order valence-corrected chi connectivity index (χ2v) is 4.56. The summed E-state index contributed by atoms with van der Waals surface area (Å²) in [5.74, 6) is 1.08. The van der Waals surface area contributed by atoms with E-state index in [1.807, 2.05) is 13.0 Å². The smallest absolute Gasteiger partial charge is 0.160 e. The number of ether oxygens (including phenoxy) is 1. The second-order valence-electron chi connectivity index (χ2n) is 4.56. The van der Waals surface area contributed by atoms with E-state index in [-0.39, 0.29) is 5.82 Å². The number of aromatic nitrogens is 1. The van der Waals surface area contributed by atoms with E-state index in [1.54, 1.807) is 18.3 Å². The van der Waals surface area contributed by atoms with Gasteiger partial charge in [0, 0.05) is 18.3 Å². The van der Waals surface area contributed by atoms with Gasteiger partial charge in [-0.05, 0) is 31.5 Å². The van der Waals surface area contributed by atoms with Crippen LogP contribution >= 0.6 is 0 Å². The average Bonchev–Trinajstić information content (AvgIpc) is 2.47. The normalized spacial score (nSPS) is 10.2. The lowest BCUT2D eigenvalue weighted by Crippen LogP contribution is -2.05. The maximum atomic E-state index is 13.2. The highest BCUT2D eigenvalue weighted by atomic mass is 19.1. The van der Waals surface area contributed by atoms with Gasteiger partial charge in [0.25, 0.3) is 0 Å². The number of hydrogen-bond acceptors (Lipinski definition) is 4. The molecule has 0 saturated heterocycles. The molecule has 0 spiro atoms. The van der Waals surface area contributed by atoms with Crippen molar-refractivity contribution in [3.8, 4) is 5.75 Å². The summed E-state index contributed by atoms with van der Waals surface area (Å²) in [4.78, 5) is 4.29. The summed E-state index contributed by atoms with van der Waals surface area (Å²) in [5.41, 5.74) is 1.54. The van der Waals surface area contributed by atoms with Gasteiger partial charge in [0.2, 0.25) is 0 Å². The van der Waals surface area contributed by atoms with E-state index >= 15 is 0 Å². The van der Waals surface area contributed by atoms with E-state index in [4.69, 9.17) is 4.74 Å². The monoisotopic (exact) mass is 289 g/mol. The Hall–Kier alpha value is -2.30. The molecule has 21 heavy (non-hydrogen) atoms. The molecule has 0 radical (unpaired) electrons. The molecule has 0 aliphatic heterocycles. The van der Waals surface area contributed by atoms with E-state index in [1.165, 1.54) is 12.1 Å². The molecule has 0 amide bonds. The fourth-order valence-corrected chi connectivity index (χ4v) is 1.89. The zero-order valence-electron chi connectivity index (χ0n) is 12.3. The van der Waals surface area contributed by atoms with Crippen molar-refractivity contribution in [1.82, 2.24) is 4.98 Å². The van der Waals surface area contributed by atoms with Crippen molar-refractivity contribution in [2.24, 2.45) is 0 Å². The number of anilines is 3. The topological polar surface area (TPSA) is 46.2 Å². The molecule has 0 fully saturated rings. The van der Waals surface area contributed by atoms with Crippen LogP contribution in [0.2, 0.25) is 0 Å². The van der Waals surface area contributed by atoms with Gasteiger partial charge in [-0.2, -0.15) is 0 Å². The first kappa shape index (κ1) is 15.1. The lowest BCUT2D eigenvalue weighted by atomic mass is 10.3. The molecule has 1 aromatic heterocycles. The fraction of sp³-hybridized carbons (Fsp3) is 0.312. The minimum Gasteiger partial charge on any atom is -0.490 e. The van der Waals surface area contributed by atoms with Crippen molar-refractivity contribution in [1.29, 1.82) is 0 Å². The predicted octanol–water partition coefficient (Wildman–Crippen LogP) is 4.18. The molecule has 0 aliphatic rings. The van der Waals surface area contributed by atoms with Crippen molar-refractivity contribution in [3.05, 3.63) is 42.3 Å². The quantitative estimate of drug-likeness (QED) is 0.802. The molecular formula is C16H20FN3O. The van der Waals surface area contributed by atoms with E-state index in [0.717, 1.165) is 24.4 Å². The van der Waals surface area contributed by atoms with Gasteiger partial charge in [-0.25, -0.2) is 9.37 Å². The third-order valence-electron chi connectivity index (χ3n) is 2.83. The Morgan fingerprint density at radius 3 is 2.81 bits per heavy atom. The summed E-state index contributed by atoms with van der Waals surface area (Å²) in [6, 6.07) is 8.15. The number of hydrogen-bond donors (Lipinski definition) is 2. The van der Waals surface area contributed by atoms with E-state index in [2.05, 4.69) is 22.5 Å². The van der Waals surface area contributed by atoms with E-state index < -0.39 is 0 Å². The highest BCUT2D eigenvalue weighted by Crippen LogP contribution is 2.27. The summed E-state index contributed by atoms with van der Waals surface area (Å²) in [5, 5.41) is 6.39. The molecule has 0 aliphatic carbocycles. The molecule has 0 atom stereocenters. The Labute approximate surface area is 124 Å². The second kappa shape index (κ2) is 7.47. The summed E-state index contributed by atoms with van der Waals surface area (Å²) in [6.45, 7) is 5.46. The van der Waals surface area contributed by atoms with Gasteiger partial charge in [0.05, 0.1) is 18.5 Å². The lowest BCUT2D eigenvalue weighted by molar-refractivity contribution is 0.340. The lowest BCUT2D eigenvalue weighted by Gasteiger charge is -2.13. The molecular weight excluding hydrogens is 269 g/mol. The minimum absolute atomic E-state index is 0.282. The van der Waals surface area contributed by atoms with Crippen molar-refractivity contribution in [2.75, 3.05) is 23.8 Å². The minimum atomic E-state index is -0.282. The number of rotatable bonds is 7. The van der Waals surface area contributed by atoms with Gasteiger partial charge in [-0.15, -0.1) is 0 Å². The molecule has 112 valence electrons. The Bertz CT molecular complexity index is 589. The van der Waals surface area contributed by atoms with Crippen LogP contribution in [0.25, 0.3) is 0 Å². The Balaban J connectivity index is 2.19. The first-order valence-electron chi connectivity index (χ1n) is 7.12. The zero-order chi connectivity index (χ0) is 15.1. The molecule has 2 rings (SSSR count). The van der Waals surface area contributed by atoms with Crippen LogP contribution in [0.5, 0.6) is 5.75 Å². The first-order valence-corrected chi connectivity index (χ1v) is 7.12. The van der Waals surface area contributed by atoms with Gasteiger partial charge >= 0.3 is 0 Å². The zero-order valence-corrected chi connectivity index (χ0v) is 12.3. The van der Waals surface area contributed by atoms with Crippen LogP contribution in [0.1, 0.15) is 20.3 Å². The van der Waals surface area contributed by atoms with Crippen molar-refractivity contribution >= 4 is 17.2 Å². The number of pyridine rings is 1. The SMILES string of the molecule is CCCNc1cc(Nc2cccc(F)c2)ncc1OCC. The fourth-order valence-electron chi connectivity index (χ4n) is 1.89. The average molecular weight is 289 g/mol. The van der Waals surface area contributed by atoms with Gasteiger partial charge in [-0.1, -0.05) is 13.0 Å². The summed E-state index contributed by atoms with van der Waals surface area (Å²) in [6.07, 6.45) is 2.68. The maximum absolute atomic E-state index is 13.2. The van der Waals surface area contributed by atoms with Gasteiger partial charge in [0.15, 0.2) is 5.75 Å². The van der Waals surface area contributed by atoms with Crippen molar-refractivity contribution < 1.29 is 9.13 Å². The summed E-state index contributed by atoms with van der Waals surface area (Å²) < 4.78 is 18.7. The molecule has 2 N–H and O–H groups in total. The highest BCUT2D eigenvalue weighted by molar-refractivity contribution is 5.65. The van der Waals surface area contributed by atoms with Gasteiger partial charge in [0.1, 0.15) is 11.6 Å². The Kier molecular flexibility index (Phi) is 5.37. The summed E-state index contributed by atoms with van der Waals surface area (Å²) in [7, 11) is 0. The van der Waals surface area contributed by atoms with E-state index in [0.29, 0.717) is 18.1 Å². The van der Waals surface area contributed by atoms with Crippen LogP contribution in [-0.4, -0.2) is 18.1 Å². The van der Waals surface area contributed by atoms with Gasteiger partial charge in [-0.3, -0.25) is 0 Å². The molecule has 5 heteroatoms. The molecule has 1 aromatic carbocycles. The van der Waals surface area contributed by atoms with Crippen molar-refractivity contribution in [2.45, 2.75) is 20.3 Å². The molecule has 1 heterocycles. The highest BCUT2D eigenvalue weighted by Gasteiger charge is 2.06. The van der Waals surface area contributed by atoms with Crippen LogP contribution in [-0.2, 0) is 0 Å². The van der Waals surface area contributed by atoms with Crippen LogP contribution in [0.15, 0.2) is 36.5 Å². The molecule has 0 saturated carbocycles.